The standard InChI is InChI=1S/C15H21N3/c1-11-4-3-5-13(8-11)17-14-6-7-15-12(9-14)10-16-18(15)2/h6-7,9-11,13,17H,3-5,8H2,1-2H3. The van der Waals surface area contributed by atoms with Crippen molar-refractivity contribution in [2.45, 2.75) is 38.6 Å². The second kappa shape index (κ2) is 4.63. The van der Waals surface area contributed by atoms with E-state index in [0.717, 1.165) is 5.92 Å². The van der Waals surface area contributed by atoms with Gasteiger partial charge in [0.15, 0.2) is 0 Å². The molecule has 1 aromatic carbocycles. The molecule has 3 nitrogen and oxygen atoms in total. The summed E-state index contributed by atoms with van der Waals surface area (Å²) >= 11 is 0. The first-order valence-corrected chi connectivity index (χ1v) is 6.90. The SMILES string of the molecule is CC1CCCC(Nc2ccc3c(cnn3C)c2)C1. The lowest BCUT2D eigenvalue weighted by Crippen LogP contribution is -2.26. The summed E-state index contributed by atoms with van der Waals surface area (Å²) in [5, 5.41) is 9.17. The number of aromatic nitrogens is 2. The Morgan fingerprint density at radius 1 is 1.33 bits per heavy atom. The van der Waals surface area contributed by atoms with Gasteiger partial charge < -0.3 is 5.32 Å². The van der Waals surface area contributed by atoms with E-state index in [2.05, 4.69) is 35.5 Å². The Morgan fingerprint density at radius 2 is 2.22 bits per heavy atom. The summed E-state index contributed by atoms with van der Waals surface area (Å²) in [7, 11) is 1.98. The van der Waals surface area contributed by atoms with Gasteiger partial charge in [-0.3, -0.25) is 4.68 Å². The molecule has 2 unspecified atom stereocenters. The summed E-state index contributed by atoms with van der Waals surface area (Å²) < 4.78 is 1.92. The van der Waals surface area contributed by atoms with Crippen LogP contribution in [-0.4, -0.2) is 15.8 Å². The van der Waals surface area contributed by atoms with Crippen LogP contribution in [0.4, 0.5) is 5.69 Å². The highest BCUT2D eigenvalue weighted by Crippen LogP contribution is 2.27. The highest BCUT2D eigenvalue weighted by molar-refractivity contribution is 5.82. The van der Waals surface area contributed by atoms with Gasteiger partial charge in [-0.2, -0.15) is 5.10 Å². The van der Waals surface area contributed by atoms with Crippen LogP contribution in [0, 0.1) is 5.92 Å². The molecule has 1 aliphatic rings. The van der Waals surface area contributed by atoms with Gasteiger partial charge in [-0.15, -0.1) is 0 Å². The molecule has 2 aromatic rings. The van der Waals surface area contributed by atoms with E-state index in [1.807, 2.05) is 17.9 Å². The van der Waals surface area contributed by atoms with Crippen molar-refractivity contribution in [3.8, 4) is 0 Å². The lowest BCUT2D eigenvalue weighted by molar-refractivity contribution is 0.358. The summed E-state index contributed by atoms with van der Waals surface area (Å²) in [6.45, 7) is 2.36. The second-order valence-corrected chi connectivity index (χ2v) is 5.65. The normalized spacial score (nSPS) is 24.3. The van der Waals surface area contributed by atoms with Crippen LogP contribution >= 0.6 is 0 Å². The van der Waals surface area contributed by atoms with Crippen molar-refractivity contribution >= 4 is 16.6 Å². The molecule has 1 aromatic heterocycles. The van der Waals surface area contributed by atoms with Crippen LogP contribution in [0.3, 0.4) is 0 Å². The lowest BCUT2D eigenvalue weighted by atomic mass is 9.87. The third-order valence-electron chi connectivity index (χ3n) is 4.05. The van der Waals surface area contributed by atoms with Crippen LogP contribution < -0.4 is 5.32 Å². The van der Waals surface area contributed by atoms with Crippen molar-refractivity contribution in [3.05, 3.63) is 24.4 Å². The molecule has 2 atom stereocenters. The summed E-state index contributed by atoms with van der Waals surface area (Å²) in [5.41, 5.74) is 2.42. The van der Waals surface area contributed by atoms with Crippen molar-refractivity contribution in [1.82, 2.24) is 9.78 Å². The van der Waals surface area contributed by atoms with E-state index in [1.165, 1.54) is 42.3 Å². The van der Waals surface area contributed by atoms with Crippen LogP contribution in [0.25, 0.3) is 10.9 Å². The molecule has 18 heavy (non-hydrogen) atoms. The zero-order valence-electron chi connectivity index (χ0n) is 11.2. The molecular formula is C15H21N3. The average Bonchev–Trinajstić information content (AvgIpc) is 2.71. The molecule has 0 spiro atoms. The molecule has 0 aliphatic heterocycles. The quantitative estimate of drug-likeness (QED) is 0.874. The first kappa shape index (κ1) is 11.6. The monoisotopic (exact) mass is 243 g/mol. The summed E-state index contributed by atoms with van der Waals surface area (Å²) in [4.78, 5) is 0. The van der Waals surface area contributed by atoms with Crippen LogP contribution in [0.2, 0.25) is 0 Å². The minimum absolute atomic E-state index is 0.642. The Bertz CT molecular complexity index is 544. The first-order chi connectivity index (χ1) is 8.72. The molecule has 0 bridgehead atoms. The van der Waals surface area contributed by atoms with E-state index < -0.39 is 0 Å². The Hall–Kier alpha value is -1.51. The highest BCUT2D eigenvalue weighted by atomic mass is 15.2. The van der Waals surface area contributed by atoms with Crippen molar-refractivity contribution in [2.24, 2.45) is 13.0 Å². The zero-order chi connectivity index (χ0) is 12.5. The van der Waals surface area contributed by atoms with E-state index in [4.69, 9.17) is 0 Å². The Morgan fingerprint density at radius 3 is 3.06 bits per heavy atom. The topological polar surface area (TPSA) is 29.9 Å². The van der Waals surface area contributed by atoms with Gasteiger partial charge in [0.1, 0.15) is 0 Å². The molecule has 1 aliphatic carbocycles. The predicted octanol–water partition coefficient (Wildman–Crippen LogP) is 3.56. The largest absolute Gasteiger partial charge is 0.382 e. The molecule has 1 fully saturated rings. The number of hydrogen-bond acceptors (Lipinski definition) is 2. The van der Waals surface area contributed by atoms with Gasteiger partial charge in [0.25, 0.3) is 0 Å². The van der Waals surface area contributed by atoms with Gasteiger partial charge in [-0.05, 0) is 37.0 Å². The molecular weight excluding hydrogens is 222 g/mol. The van der Waals surface area contributed by atoms with Crippen LogP contribution in [0.5, 0.6) is 0 Å². The van der Waals surface area contributed by atoms with Crippen LogP contribution in [0.1, 0.15) is 32.6 Å². The van der Waals surface area contributed by atoms with E-state index in [9.17, 15) is 0 Å². The number of nitrogens with one attached hydrogen (secondary N) is 1. The van der Waals surface area contributed by atoms with Crippen LogP contribution in [-0.2, 0) is 7.05 Å². The van der Waals surface area contributed by atoms with Gasteiger partial charge in [0.2, 0.25) is 0 Å². The molecule has 1 heterocycles. The summed E-state index contributed by atoms with van der Waals surface area (Å²) in [6, 6.07) is 7.17. The number of aryl methyl sites for hydroxylation is 1. The van der Waals surface area contributed by atoms with Crippen molar-refractivity contribution < 1.29 is 0 Å². The van der Waals surface area contributed by atoms with Crippen molar-refractivity contribution in [3.63, 3.8) is 0 Å². The Labute approximate surface area is 108 Å². The summed E-state index contributed by atoms with van der Waals surface area (Å²) in [5.74, 6) is 0.860. The highest BCUT2D eigenvalue weighted by Gasteiger charge is 2.18. The number of anilines is 1. The maximum Gasteiger partial charge on any atom is 0.0680 e. The molecule has 1 saturated carbocycles. The number of nitrogens with zero attached hydrogens (tertiary/aromatic N) is 2. The van der Waals surface area contributed by atoms with Crippen LogP contribution in [0.15, 0.2) is 24.4 Å². The number of benzene rings is 1. The van der Waals surface area contributed by atoms with E-state index in [-0.39, 0.29) is 0 Å². The Kier molecular flexibility index (Phi) is 2.98. The molecule has 3 rings (SSSR count). The maximum atomic E-state index is 4.28. The van der Waals surface area contributed by atoms with Crippen molar-refractivity contribution in [1.29, 1.82) is 0 Å². The average molecular weight is 243 g/mol. The molecule has 0 amide bonds. The number of rotatable bonds is 2. The number of fused-ring (bicyclic) bond motifs is 1. The second-order valence-electron chi connectivity index (χ2n) is 5.65. The molecule has 96 valence electrons. The molecule has 1 N–H and O–H groups in total. The summed E-state index contributed by atoms with van der Waals surface area (Å²) in [6.07, 6.45) is 7.28. The fourth-order valence-electron chi connectivity index (χ4n) is 3.05. The molecule has 0 saturated heterocycles. The third kappa shape index (κ3) is 2.22. The smallest absolute Gasteiger partial charge is 0.0680 e. The van der Waals surface area contributed by atoms with E-state index in [0.29, 0.717) is 6.04 Å². The van der Waals surface area contributed by atoms with Gasteiger partial charge in [0.05, 0.1) is 11.7 Å². The zero-order valence-corrected chi connectivity index (χ0v) is 11.2. The van der Waals surface area contributed by atoms with Gasteiger partial charge in [-0.25, -0.2) is 0 Å². The van der Waals surface area contributed by atoms with Gasteiger partial charge in [-0.1, -0.05) is 19.8 Å². The minimum atomic E-state index is 0.642. The fraction of sp³-hybridized carbons (Fsp3) is 0.533. The molecule has 3 heteroatoms. The maximum absolute atomic E-state index is 4.28. The lowest BCUT2D eigenvalue weighted by Gasteiger charge is -2.28. The van der Waals surface area contributed by atoms with E-state index in [1.54, 1.807) is 0 Å². The third-order valence-corrected chi connectivity index (χ3v) is 4.05. The Balaban J connectivity index is 1.78. The first-order valence-electron chi connectivity index (χ1n) is 6.90. The van der Waals surface area contributed by atoms with Gasteiger partial charge >= 0.3 is 0 Å². The van der Waals surface area contributed by atoms with Crippen molar-refractivity contribution in [2.75, 3.05) is 5.32 Å². The van der Waals surface area contributed by atoms with Gasteiger partial charge in [0, 0.05) is 24.2 Å². The molecule has 0 radical (unpaired) electrons. The fourth-order valence-corrected chi connectivity index (χ4v) is 3.05. The number of hydrogen-bond donors (Lipinski definition) is 1. The minimum Gasteiger partial charge on any atom is -0.382 e. The predicted molar refractivity (Wildman–Crippen MR) is 75.8 cm³/mol. The van der Waals surface area contributed by atoms with E-state index >= 15 is 0 Å².